The molecule has 2 saturated carbocycles. The molecule has 0 aromatic heterocycles. The molecule has 2 N–H and O–H groups in total. The van der Waals surface area contributed by atoms with Gasteiger partial charge in [0, 0.05) is 31.7 Å². The van der Waals surface area contributed by atoms with Crippen molar-refractivity contribution in [1.29, 1.82) is 0 Å². The minimum absolute atomic E-state index is 0.0435. The van der Waals surface area contributed by atoms with E-state index in [1.165, 1.54) is 12.5 Å². The SMILES string of the molecule is CNc1cc(N2CC3CCC2C3)c(C(=O)N[C@H]2CC[C@H](C)CC2)cc1[N+](=O)[O-]. The maximum absolute atomic E-state index is 13.2. The largest absolute Gasteiger partial charge is 0.383 e. The van der Waals surface area contributed by atoms with E-state index in [9.17, 15) is 14.9 Å². The van der Waals surface area contributed by atoms with Gasteiger partial charge >= 0.3 is 0 Å². The molecule has 1 amide bonds. The molecule has 2 bridgehead atoms. The lowest BCUT2D eigenvalue weighted by Gasteiger charge is -2.32. The second-order valence-electron chi connectivity index (χ2n) is 8.81. The van der Waals surface area contributed by atoms with E-state index in [0.717, 1.165) is 50.8 Å². The molecule has 4 rings (SSSR count). The molecule has 1 saturated heterocycles. The quantitative estimate of drug-likeness (QED) is 0.591. The molecule has 152 valence electrons. The van der Waals surface area contributed by atoms with E-state index >= 15 is 0 Å². The predicted molar refractivity (Wildman–Crippen MR) is 110 cm³/mol. The number of nitrogens with one attached hydrogen (secondary N) is 2. The Balaban J connectivity index is 1.66. The Bertz CT molecular complexity index is 773. The van der Waals surface area contributed by atoms with Crippen molar-refractivity contribution in [3.8, 4) is 0 Å². The third-order valence-electron chi connectivity index (χ3n) is 6.89. The van der Waals surface area contributed by atoms with Crippen LogP contribution in [0.3, 0.4) is 0 Å². The van der Waals surface area contributed by atoms with Crippen molar-refractivity contribution in [2.24, 2.45) is 11.8 Å². The van der Waals surface area contributed by atoms with Gasteiger partial charge in [0.05, 0.1) is 16.2 Å². The lowest BCUT2D eigenvalue weighted by Crippen LogP contribution is -2.39. The van der Waals surface area contributed by atoms with E-state index < -0.39 is 4.92 Å². The molecule has 2 atom stereocenters. The molecule has 7 nitrogen and oxygen atoms in total. The second kappa shape index (κ2) is 7.60. The Hall–Kier alpha value is -2.31. The van der Waals surface area contributed by atoms with Crippen LogP contribution in [-0.4, -0.2) is 36.5 Å². The topological polar surface area (TPSA) is 87.5 Å². The molecule has 2 aliphatic carbocycles. The minimum atomic E-state index is -0.412. The number of piperidine rings is 1. The highest BCUT2D eigenvalue weighted by atomic mass is 16.6. The normalized spacial score (nSPS) is 29.0. The maximum Gasteiger partial charge on any atom is 0.293 e. The number of carbonyl (C=O) groups excluding carboxylic acids is 1. The van der Waals surface area contributed by atoms with Gasteiger partial charge in [-0.2, -0.15) is 0 Å². The van der Waals surface area contributed by atoms with Crippen LogP contribution in [-0.2, 0) is 0 Å². The summed E-state index contributed by atoms with van der Waals surface area (Å²) in [5, 5.41) is 17.7. The van der Waals surface area contributed by atoms with E-state index in [4.69, 9.17) is 0 Å². The number of anilines is 2. The molecule has 7 heteroatoms. The maximum atomic E-state index is 13.2. The van der Waals surface area contributed by atoms with Crippen molar-refractivity contribution < 1.29 is 9.72 Å². The molecular formula is C21H30N4O3. The monoisotopic (exact) mass is 386 g/mol. The fraction of sp³-hybridized carbons (Fsp3) is 0.667. The van der Waals surface area contributed by atoms with Gasteiger partial charge in [0.15, 0.2) is 0 Å². The molecule has 3 aliphatic rings. The first-order valence-electron chi connectivity index (χ1n) is 10.5. The minimum Gasteiger partial charge on any atom is -0.383 e. The third kappa shape index (κ3) is 3.54. The standard InChI is InChI=1S/C21H30N4O3/c1-13-3-6-15(7-4-13)23-21(26)17-10-20(25(27)28)18(22-2)11-19(17)24-12-14-5-8-16(24)9-14/h10-11,13-16,22H,3-9,12H2,1-2H3,(H,23,26)/t13-,14?,15-,16?. The van der Waals surface area contributed by atoms with Crippen molar-refractivity contribution in [1.82, 2.24) is 5.32 Å². The highest BCUT2D eigenvalue weighted by Crippen LogP contribution is 2.43. The first kappa shape index (κ1) is 19.0. The predicted octanol–water partition coefficient (Wildman–Crippen LogP) is 3.93. The van der Waals surface area contributed by atoms with Crippen molar-refractivity contribution in [2.45, 2.75) is 64.0 Å². The number of hydrogen-bond acceptors (Lipinski definition) is 5. The Labute approximate surface area is 166 Å². The zero-order valence-electron chi connectivity index (χ0n) is 16.7. The summed E-state index contributed by atoms with van der Waals surface area (Å²) < 4.78 is 0. The number of benzene rings is 1. The van der Waals surface area contributed by atoms with Gasteiger partial charge in [-0.15, -0.1) is 0 Å². The summed E-state index contributed by atoms with van der Waals surface area (Å²) >= 11 is 0. The first-order valence-corrected chi connectivity index (χ1v) is 10.5. The number of nitrogens with zero attached hydrogens (tertiary/aromatic N) is 2. The lowest BCUT2D eigenvalue weighted by atomic mass is 9.87. The number of nitro benzene ring substituents is 1. The second-order valence-corrected chi connectivity index (χ2v) is 8.81. The molecule has 0 radical (unpaired) electrons. The molecule has 0 spiro atoms. The average Bonchev–Trinajstić information content (AvgIpc) is 3.32. The summed E-state index contributed by atoms with van der Waals surface area (Å²) in [5.41, 5.74) is 1.70. The third-order valence-corrected chi connectivity index (χ3v) is 6.89. The summed E-state index contributed by atoms with van der Waals surface area (Å²) in [4.78, 5) is 26.6. The van der Waals surface area contributed by atoms with Gasteiger partial charge in [-0.05, 0) is 62.8 Å². The molecule has 2 unspecified atom stereocenters. The molecule has 1 heterocycles. The molecule has 1 aliphatic heterocycles. The summed E-state index contributed by atoms with van der Waals surface area (Å²) in [5.74, 6) is 1.21. The van der Waals surface area contributed by atoms with Crippen LogP contribution >= 0.6 is 0 Å². The van der Waals surface area contributed by atoms with Gasteiger partial charge in [-0.1, -0.05) is 6.92 Å². The Morgan fingerprint density at radius 2 is 1.93 bits per heavy atom. The fourth-order valence-corrected chi connectivity index (χ4v) is 5.23. The number of nitro groups is 1. The zero-order chi connectivity index (χ0) is 19.8. The van der Waals surface area contributed by atoms with Gasteiger partial charge in [-0.25, -0.2) is 0 Å². The number of fused-ring (bicyclic) bond motifs is 2. The average molecular weight is 386 g/mol. The van der Waals surface area contributed by atoms with E-state index in [1.807, 2.05) is 0 Å². The van der Waals surface area contributed by atoms with Crippen molar-refractivity contribution in [2.75, 3.05) is 23.8 Å². The van der Waals surface area contributed by atoms with Gasteiger partial charge < -0.3 is 15.5 Å². The number of rotatable bonds is 5. The van der Waals surface area contributed by atoms with Crippen LogP contribution in [0.4, 0.5) is 17.1 Å². The van der Waals surface area contributed by atoms with Gasteiger partial charge in [0.25, 0.3) is 11.6 Å². The van der Waals surface area contributed by atoms with Gasteiger partial charge in [-0.3, -0.25) is 14.9 Å². The smallest absolute Gasteiger partial charge is 0.293 e. The number of hydrogen-bond donors (Lipinski definition) is 2. The summed E-state index contributed by atoms with van der Waals surface area (Å²) in [6.45, 7) is 3.19. The van der Waals surface area contributed by atoms with Crippen molar-refractivity contribution in [3.05, 3.63) is 27.8 Å². The fourth-order valence-electron chi connectivity index (χ4n) is 5.23. The van der Waals surface area contributed by atoms with Crippen LogP contribution in [0.5, 0.6) is 0 Å². The van der Waals surface area contributed by atoms with Crippen LogP contribution < -0.4 is 15.5 Å². The van der Waals surface area contributed by atoms with Crippen LogP contribution in [0.1, 0.15) is 62.2 Å². The van der Waals surface area contributed by atoms with Crippen molar-refractivity contribution >= 4 is 23.0 Å². The Kier molecular flexibility index (Phi) is 5.17. The highest BCUT2D eigenvalue weighted by molar-refractivity contribution is 6.02. The van der Waals surface area contributed by atoms with Crippen LogP contribution in [0.15, 0.2) is 12.1 Å². The molecule has 3 fully saturated rings. The number of amides is 1. The molecule has 1 aromatic carbocycles. The van der Waals surface area contributed by atoms with E-state index in [2.05, 4.69) is 22.5 Å². The summed E-state index contributed by atoms with van der Waals surface area (Å²) in [6, 6.07) is 3.87. The van der Waals surface area contributed by atoms with E-state index in [0.29, 0.717) is 29.1 Å². The van der Waals surface area contributed by atoms with Gasteiger partial charge in [0.2, 0.25) is 0 Å². The first-order chi connectivity index (χ1) is 13.5. The summed E-state index contributed by atoms with van der Waals surface area (Å²) in [6.07, 6.45) is 7.74. The summed E-state index contributed by atoms with van der Waals surface area (Å²) in [7, 11) is 1.69. The highest BCUT2D eigenvalue weighted by Gasteiger charge is 2.40. The Morgan fingerprint density at radius 1 is 1.18 bits per heavy atom. The van der Waals surface area contributed by atoms with E-state index in [1.54, 1.807) is 13.1 Å². The number of carbonyl (C=O) groups is 1. The van der Waals surface area contributed by atoms with Crippen LogP contribution in [0.2, 0.25) is 0 Å². The zero-order valence-corrected chi connectivity index (χ0v) is 16.7. The van der Waals surface area contributed by atoms with Crippen molar-refractivity contribution in [3.63, 3.8) is 0 Å². The van der Waals surface area contributed by atoms with E-state index in [-0.39, 0.29) is 17.6 Å². The molecular weight excluding hydrogens is 356 g/mol. The van der Waals surface area contributed by atoms with Crippen LogP contribution in [0.25, 0.3) is 0 Å². The lowest BCUT2D eigenvalue weighted by molar-refractivity contribution is -0.383. The van der Waals surface area contributed by atoms with Gasteiger partial charge in [0.1, 0.15) is 5.69 Å². The van der Waals surface area contributed by atoms with Crippen LogP contribution in [0, 0.1) is 22.0 Å². The Morgan fingerprint density at radius 3 is 2.50 bits per heavy atom. The molecule has 1 aromatic rings. The molecule has 28 heavy (non-hydrogen) atoms.